The molecule has 1 saturated heterocycles. The van der Waals surface area contributed by atoms with Gasteiger partial charge < -0.3 is 4.74 Å². The molecular formula is C16H22BrNO2. The van der Waals surface area contributed by atoms with Gasteiger partial charge in [-0.3, -0.25) is 9.69 Å². The van der Waals surface area contributed by atoms with Crippen LogP contribution in [0.15, 0.2) is 22.7 Å². The summed E-state index contributed by atoms with van der Waals surface area (Å²) in [4.78, 5) is 14.3. The van der Waals surface area contributed by atoms with Gasteiger partial charge in [0.25, 0.3) is 0 Å². The minimum absolute atomic E-state index is 0.110. The van der Waals surface area contributed by atoms with Gasteiger partial charge in [0.1, 0.15) is 0 Å². The van der Waals surface area contributed by atoms with Crippen molar-refractivity contribution in [1.82, 2.24) is 4.90 Å². The van der Waals surface area contributed by atoms with E-state index in [0.717, 1.165) is 17.6 Å². The Morgan fingerprint density at radius 1 is 1.40 bits per heavy atom. The Hall–Kier alpha value is -0.870. The molecule has 1 heterocycles. The molecule has 0 aliphatic carbocycles. The molecule has 1 aliphatic rings. The van der Waals surface area contributed by atoms with Crippen molar-refractivity contribution in [2.45, 2.75) is 39.2 Å². The lowest BCUT2D eigenvalue weighted by Gasteiger charge is -2.27. The fourth-order valence-corrected chi connectivity index (χ4v) is 3.10. The predicted molar refractivity (Wildman–Crippen MR) is 83.7 cm³/mol. The number of likely N-dealkylation sites (tertiary alicyclic amines) is 1. The third-order valence-electron chi connectivity index (χ3n) is 3.83. The van der Waals surface area contributed by atoms with Gasteiger partial charge in [0.05, 0.1) is 13.0 Å². The van der Waals surface area contributed by atoms with E-state index in [4.69, 9.17) is 4.74 Å². The Morgan fingerprint density at radius 3 is 2.70 bits per heavy atom. The lowest BCUT2D eigenvalue weighted by Crippen LogP contribution is -2.28. The molecule has 4 heteroatoms. The number of aryl methyl sites for hydroxylation is 1. The molecule has 1 unspecified atom stereocenters. The third kappa shape index (κ3) is 3.83. The number of nitrogens with zero attached hydrogens (tertiary/aromatic N) is 1. The van der Waals surface area contributed by atoms with Crippen molar-refractivity contribution in [3.63, 3.8) is 0 Å². The second-order valence-electron chi connectivity index (χ2n) is 5.28. The summed E-state index contributed by atoms with van der Waals surface area (Å²) in [6.07, 6.45) is 2.86. The van der Waals surface area contributed by atoms with Gasteiger partial charge in [0.15, 0.2) is 0 Å². The smallest absolute Gasteiger partial charge is 0.307 e. The first-order valence-electron chi connectivity index (χ1n) is 7.27. The van der Waals surface area contributed by atoms with E-state index in [0.29, 0.717) is 13.0 Å². The van der Waals surface area contributed by atoms with Crippen molar-refractivity contribution in [3.05, 3.63) is 33.8 Å². The van der Waals surface area contributed by atoms with E-state index >= 15 is 0 Å². The quantitative estimate of drug-likeness (QED) is 0.763. The second-order valence-corrected chi connectivity index (χ2v) is 6.13. The molecule has 1 aliphatic heterocycles. The van der Waals surface area contributed by atoms with Crippen LogP contribution in [-0.2, 0) is 9.53 Å². The first kappa shape index (κ1) is 15.5. The average Bonchev–Trinajstić information content (AvgIpc) is 2.93. The van der Waals surface area contributed by atoms with Crippen LogP contribution in [0.1, 0.15) is 43.4 Å². The number of hydrogen-bond acceptors (Lipinski definition) is 3. The summed E-state index contributed by atoms with van der Waals surface area (Å²) >= 11 is 3.59. The van der Waals surface area contributed by atoms with Crippen molar-refractivity contribution in [3.8, 4) is 0 Å². The highest BCUT2D eigenvalue weighted by atomic mass is 79.9. The molecule has 20 heavy (non-hydrogen) atoms. The first-order chi connectivity index (χ1) is 9.61. The van der Waals surface area contributed by atoms with Crippen molar-refractivity contribution in [2.24, 2.45) is 0 Å². The first-order valence-corrected chi connectivity index (χ1v) is 8.07. The summed E-state index contributed by atoms with van der Waals surface area (Å²) in [5, 5.41) is 0. The lowest BCUT2D eigenvalue weighted by molar-refractivity contribution is -0.144. The standard InChI is InChI=1S/C16H22BrNO2/c1-3-20-16(19)11-15(18-8-4-5-9-18)13-7-6-12(2)14(17)10-13/h6-7,10,15H,3-5,8-9,11H2,1-2H3. The molecule has 0 N–H and O–H groups in total. The van der Waals surface area contributed by atoms with Crippen molar-refractivity contribution in [1.29, 1.82) is 0 Å². The fourth-order valence-electron chi connectivity index (χ4n) is 2.71. The fraction of sp³-hybridized carbons (Fsp3) is 0.562. The van der Waals surface area contributed by atoms with Crippen LogP contribution in [0.5, 0.6) is 0 Å². The number of esters is 1. The minimum Gasteiger partial charge on any atom is -0.466 e. The summed E-state index contributed by atoms with van der Waals surface area (Å²) in [6, 6.07) is 6.50. The monoisotopic (exact) mass is 339 g/mol. The van der Waals surface area contributed by atoms with E-state index in [2.05, 4.69) is 46.0 Å². The number of carbonyl (C=O) groups is 1. The molecule has 110 valence electrons. The van der Waals surface area contributed by atoms with Gasteiger partial charge in [-0.15, -0.1) is 0 Å². The molecule has 2 rings (SSSR count). The van der Waals surface area contributed by atoms with E-state index in [1.54, 1.807) is 0 Å². The van der Waals surface area contributed by atoms with Gasteiger partial charge in [-0.1, -0.05) is 28.1 Å². The van der Waals surface area contributed by atoms with Gasteiger partial charge in [-0.25, -0.2) is 0 Å². The van der Waals surface area contributed by atoms with E-state index in [9.17, 15) is 4.79 Å². The number of halogens is 1. The Kier molecular flexibility index (Phi) is 5.61. The predicted octanol–water partition coefficient (Wildman–Crippen LogP) is 3.85. The number of carbonyl (C=O) groups excluding carboxylic acids is 1. The number of benzene rings is 1. The van der Waals surface area contributed by atoms with Gasteiger partial charge in [0, 0.05) is 10.5 Å². The maximum atomic E-state index is 11.9. The third-order valence-corrected chi connectivity index (χ3v) is 4.68. The van der Waals surface area contributed by atoms with E-state index in [-0.39, 0.29) is 12.0 Å². The SMILES string of the molecule is CCOC(=O)CC(c1ccc(C)c(Br)c1)N1CCCC1. The summed E-state index contributed by atoms with van der Waals surface area (Å²) in [5.74, 6) is -0.110. The van der Waals surface area contributed by atoms with Crippen LogP contribution in [0.3, 0.4) is 0 Å². The second kappa shape index (κ2) is 7.23. The van der Waals surface area contributed by atoms with Crippen molar-refractivity contribution in [2.75, 3.05) is 19.7 Å². The average molecular weight is 340 g/mol. The molecule has 0 spiro atoms. The van der Waals surface area contributed by atoms with Gasteiger partial charge in [0.2, 0.25) is 0 Å². The van der Waals surface area contributed by atoms with Crippen LogP contribution in [-0.4, -0.2) is 30.6 Å². The van der Waals surface area contributed by atoms with Crippen LogP contribution in [0, 0.1) is 6.92 Å². The number of rotatable bonds is 5. The highest BCUT2D eigenvalue weighted by Crippen LogP contribution is 2.31. The van der Waals surface area contributed by atoms with Gasteiger partial charge in [-0.05, 0) is 57.0 Å². The summed E-state index contributed by atoms with van der Waals surface area (Å²) < 4.78 is 6.23. The molecule has 0 radical (unpaired) electrons. The summed E-state index contributed by atoms with van der Waals surface area (Å²) in [7, 11) is 0. The maximum Gasteiger partial charge on any atom is 0.307 e. The topological polar surface area (TPSA) is 29.5 Å². The Bertz CT molecular complexity index is 470. The van der Waals surface area contributed by atoms with Crippen molar-refractivity contribution < 1.29 is 9.53 Å². The summed E-state index contributed by atoms with van der Waals surface area (Å²) in [6.45, 7) is 6.50. The molecule has 0 amide bonds. The van der Waals surface area contributed by atoms with Crippen LogP contribution in [0.2, 0.25) is 0 Å². The highest BCUT2D eigenvalue weighted by molar-refractivity contribution is 9.10. The Balaban J connectivity index is 2.20. The zero-order valence-electron chi connectivity index (χ0n) is 12.2. The van der Waals surface area contributed by atoms with Gasteiger partial charge in [-0.2, -0.15) is 0 Å². The normalized spacial score (nSPS) is 17.1. The van der Waals surface area contributed by atoms with Crippen LogP contribution in [0.25, 0.3) is 0 Å². The molecule has 3 nitrogen and oxygen atoms in total. The van der Waals surface area contributed by atoms with Crippen LogP contribution in [0.4, 0.5) is 0 Å². The van der Waals surface area contributed by atoms with E-state index in [1.165, 1.54) is 24.0 Å². The van der Waals surface area contributed by atoms with Gasteiger partial charge >= 0.3 is 5.97 Å². The minimum atomic E-state index is -0.110. The molecular weight excluding hydrogens is 318 g/mol. The Morgan fingerprint density at radius 2 is 2.10 bits per heavy atom. The number of hydrogen-bond donors (Lipinski definition) is 0. The highest BCUT2D eigenvalue weighted by Gasteiger charge is 2.26. The molecule has 0 aromatic heterocycles. The van der Waals surface area contributed by atoms with Crippen molar-refractivity contribution >= 4 is 21.9 Å². The molecule has 0 bridgehead atoms. The van der Waals surface area contributed by atoms with E-state index < -0.39 is 0 Å². The molecule has 1 atom stereocenters. The molecule has 1 aromatic rings. The summed E-state index contributed by atoms with van der Waals surface area (Å²) in [5.41, 5.74) is 2.41. The van der Waals surface area contributed by atoms with E-state index in [1.807, 2.05) is 6.92 Å². The van der Waals surface area contributed by atoms with Crippen LogP contribution >= 0.6 is 15.9 Å². The zero-order valence-corrected chi connectivity index (χ0v) is 13.8. The molecule has 1 fully saturated rings. The molecule has 0 saturated carbocycles. The number of ether oxygens (including phenoxy) is 1. The lowest BCUT2D eigenvalue weighted by atomic mass is 10.0. The van der Waals surface area contributed by atoms with Crippen LogP contribution < -0.4 is 0 Å². The largest absolute Gasteiger partial charge is 0.466 e. The molecule has 1 aromatic carbocycles. The maximum absolute atomic E-state index is 11.9. The Labute approximate surface area is 129 Å². The zero-order chi connectivity index (χ0) is 14.5.